The number of rotatable bonds is 8. The van der Waals surface area contributed by atoms with E-state index < -0.39 is 0 Å². The largest absolute Gasteiger partial charge is 0.376 e. The number of halogens is 3. The molecule has 0 amide bonds. The molecular weight excluding hydrogens is 492 g/mol. The maximum absolute atomic E-state index is 12.5. The lowest BCUT2D eigenvalue weighted by atomic mass is 9.85. The first kappa shape index (κ1) is 25.5. The minimum absolute atomic E-state index is 0.0428. The molecule has 3 aromatic carbocycles. The van der Waals surface area contributed by atoms with Crippen molar-refractivity contribution in [3.8, 4) is 0 Å². The minimum atomic E-state index is -0.251. The molecule has 2 aliphatic rings. The fourth-order valence-electron chi connectivity index (χ4n) is 5.77. The molecule has 0 spiro atoms. The molecule has 5 rings (SSSR count). The Bertz CT molecular complexity index is 1230. The maximum atomic E-state index is 12.5. The van der Waals surface area contributed by atoms with E-state index in [0.717, 1.165) is 44.5 Å². The molecule has 0 saturated carbocycles. The van der Waals surface area contributed by atoms with Crippen molar-refractivity contribution in [3.63, 3.8) is 0 Å². The van der Waals surface area contributed by atoms with Gasteiger partial charge in [-0.2, -0.15) is 0 Å². The zero-order valence-corrected chi connectivity index (χ0v) is 22.2. The second-order valence-corrected chi connectivity index (χ2v) is 10.7. The topological polar surface area (TPSA) is 12.5 Å². The summed E-state index contributed by atoms with van der Waals surface area (Å²) in [5.41, 5.74) is 8.57. The third-order valence-corrected chi connectivity index (χ3v) is 8.07. The van der Waals surface area contributed by atoms with Gasteiger partial charge in [0.25, 0.3) is 0 Å². The zero-order valence-electron chi connectivity index (χ0n) is 20.7. The predicted octanol–water partition coefficient (Wildman–Crippen LogP) is 8.27. The van der Waals surface area contributed by atoms with Crippen LogP contribution in [0.1, 0.15) is 53.2 Å². The van der Waals surface area contributed by atoms with Crippen LogP contribution in [0.25, 0.3) is 11.1 Å². The fraction of sp³-hybridized carbons (Fsp3) is 0.355. The molecule has 2 nitrogen and oxygen atoms in total. The minimum Gasteiger partial charge on any atom is -0.376 e. The van der Waals surface area contributed by atoms with E-state index in [9.17, 15) is 4.39 Å². The Morgan fingerprint density at radius 1 is 0.972 bits per heavy atom. The smallest absolute Gasteiger partial charge is 0.0906 e. The molecule has 188 valence electrons. The first-order valence-corrected chi connectivity index (χ1v) is 13.5. The van der Waals surface area contributed by atoms with Crippen molar-refractivity contribution < 1.29 is 9.13 Å². The number of methoxy groups -OCH3 is 1. The maximum Gasteiger partial charge on any atom is 0.0906 e. The molecule has 1 atom stereocenters. The van der Waals surface area contributed by atoms with E-state index in [0.29, 0.717) is 22.4 Å². The third kappa shape index (κ3) is 5.26. The average molecular weight is 525 g/mol. The molecule has 1 heterocycles. The summed E-state index contributed by atoms with van der Waals surface area (Å²) in [6.45, 7) is 2.49. The number of allylic oxidation sites excluding steroid dienone is 1. The van der Waals surface area contributed by atoms with Crippen molar-refractivity contribution in [2.45, 2.75) is 31.8 Å². The van der Waals surface area contributed by atoms with Crippen LogP contribution in [0.4, 0.5) is 4.39 Å². The number of alkyl halides is 1. The van der Waals surface area contributed by atoms with Gasteiger partial charge in [-0.25, -0.2) is 0 Å². The van der Waals surface area contributed by atoms with Gasteiger partial charge in [0, 0.05) is 42.7 Å². The van der Waals surface area contributed by atoms with Gasteiger partial charge in [-0.3, -0.25) is 4.39 Å². The van der Waals surface area contributed by atoms with Gasteiger partial charge >= 0.3 is 0 Å². The summed E-state index contributed by atoms with van der Waals surface area (Å²) in [7, 11) is 1.79. The number of hydrogen-bond donors (Lipinski definition) is 0. The van der Waals surface area contributed by atoms with E-state index in [2.05, 4.69) is 59.5 Å². The molecule has 0 N–H and O–H groups in total. The van der Waals surface area contributed by atoms with E-state index in [-0.39, 0.29) is 12.8 Å². The number of fused-ring (bicyclic) bond motifs is 1. The Morgan fingerprint density at radius 2 is 1.75 bits per heavy atom. The highest BCUT2D eigenvalue weighted by molar-refractivity contribution is 6.36. The summed E-state index contributed by atoms with van der Waals surface area (Å²) in [5.74, 6) is 0.432. The molecule has 0 radical (unpaired) electrons. The van der Waals surface area contributed by atoms with Crippen LogP contribution in [0.2, 0.25) is 10.0 Å². The quantitative estimate of drug-likeness (QED) is 0.294. The monoisotopic (exact) mass is 523 g/mol. The summed E-state index contributed by atoms with van der Waals surface area (Å²) >= 11 is 12.9. The SMILES string of the molecule is COC(c1ccc(C2=C(c3ccc(Cl)cc3Cl)CCCc3ccccc32)cc1)C1CN(CCCF)C1. The number of aryl methyl sites for hydroxylation is 1. The Balaban J connectivity index is 1.51. The summed E-state index contributed by atoms with van der Waals surface area (Å²) in [5, 5.41) is 1.34. The Labute approximate surface area is 223 Å². The van der Waals surface area contributed by atoms with Gasteiger partial charge < -0.3 is 9.64 Å². The van der Waals surface area contributed by atoms with Gasteiger partial charge in [0.1, 0.15) is 0 Å². The molecule has 3 aromatic rings. The van der Waals surface area contributed by atoms with Crippen LogP contribution in [-0.4, -0.2) is 38.3 Å². The predicted molar refractivity (Wildman–Crippen MR) is 148 cm³/mol. The van der Waals surface area contributed by atoms with Gasteiger partial charge in [0.05, 0.1) is 12.8 Å². The van der Waals surface area contributed by atoms with E-state index in [1.165, 1.54) is 33.4 Å². The standard InChI is InChI=1S/C31H32Cl2FNO/c1-36-31(24-19-35(20-24)17-5-16-34)23-12-10-22(11-13-23)30-26-8-3-2-6-21(26)7-4-9-28(30)27-15-14-25(32)18-29(27)33/h2-3,6,8,10-15,18,24,31H,4-5,7,9,16-17,19-20H2,1H3. The molecule has 0 aromatic heterocycles. The molecule has 1 unspecified atom stereocenters. The van der Waals surface area contributed by atoms with E-state index in [1.54, 1.807) is 7.11 Å². The summed E-state index contributed by atoms with van der Waals surface area (Å²) in [6.07, 6.45) is 3.71. The normalized spacial score (nSPS) is 17.4. The summed E-state index contributed by atoms with van der Waals surface area (Å²) in [6, 6.07) is 23.4. The van der Waals surface area contributed by atoms with Crippen molar-refractivity contribution in [1.29, 1.82) is 0 Å². The van der Waals surface area contributed by atoms with Crippen LogP contribution in [-0.2, 0) is 11.2 Å². The van der Waals surface area contributed by atoms with Crippen molar-refractivity contribution >= 4 is 34.3 Å². The van der Waals surface area contributed by atoms with Crippen LogP contribution in [0.5, 0.6) is 0 Å². The number of hydrogen-bond acceptors (Lipinski definition) is 2. The van der Waals surface area contributed by atoms with Crippen molar-refractivity contribution in [3.05, 3.63) is 105 Å². The summed E-state index contributed by atoms with van der Waals surface area (Å²) in [4.78, 5) is 2.31. The molecular formula is C31H32Cl2FNO. The van der Waals surface area contributed by atoms with E-state index in [1.807, 2.05) is 12.1 Å². The molecule has 1 fully saturated rings. The van der Waals surface area contributed by atoms with Gasteiger partial charge in [0.15, 0.2) is 0 Å². The second kappa shape index (κ2) is 11.5. The van der Waals surface area contributed by atoms with Crippen molar-refractivity contribution in [1.82, 2.24) is 4.90 Å². The van der Waals surface area contributed by atoms with Crippen LogP contribution in [0.3, 0.4) is 0 Å². The lowest BCUT2D eigenvalue weighted by molar-refractivity contribution is -0.0309. The van der Waals surface area contributed by atoms with Gasteiger partial charge in [0.2, 0.25) is 0 Å². The van der Waals surface area contributed by atoms with Crippen molar-refractivity contribution in [2.24, 2.45) is 5.92 Å². The Hall–Kier alpha value is -2.17. The lowest BCUT2D eigenvalue weighted by Crippen LogP contribution is -2.49. The number of nitrogens with zero attached hydrogens (tertiary/aromatic N) is 1. The first-order chi connectivity index (χ1) is 17.6. The van der Waals surface area contributed by atoms with Crippen LogP contribution >= 0.6 is 23.2 Å². The third-order valence-electron chi connectivity index (χ3n) is 7.52. The first-order valence-electron chi connectivity index (χ1n) is 12.8. The van der Waals surface area contributed by atoms with Crippen LogP contribution in [0.15, 0.2) is 66.7 Å². The average Bonchev–Trinajstić information content (AvgIpc) is 3.05. The van der Waals surface area contributed by atoms with Gasteiger partial charge in [-0.15, -0.1) is 0 Å². The molecule has 0 bridgehead atoms. The molecule has 1 aliphatic heterocycles. The number of likely N-dealkylation sites (tertiary alicyclic amines) is 1. The Morgan fingerprint density at radius 3 is 2.47 bits per heavy atom. The van der Waals surface area contributed by atoms with E-state index in [4.69, 9.17) is 27.9 Å². The molecule has 5 heteroatoms. The number of benzene rings is 3. The highest BCUT2D eigenvalue weighted by Crippen LogP contribution is 2.42. The highest BCUT2D eigenvalue weighted by atomic mass is 35.5. The van der Waals surface area contributed by atoms with Crippen LogP contribution < -0.4 is 0 Å². The molecule has 36 heavy (non-hydrogen) atoms. The highest BCUT2D eigenvalue weighted by Gasteiger charge is 2.34. The van der Waals surface area contributed by atoms with Gasteiger partial charge in [-0.1, -0.05) is 77.8 Å². The second-order valence-electron chi connectivity index (χ2n) is 9.83. The fourth-order valence-corrected chi connectivity index (χ4v) is 6.29. The summed E-state index contributed by atoms with van der Waals surface area (Å²) < 4.78 is 18.4. The van der Waals surface area contributed by atoms with Crippen LogP contribution in [0, 0.1) is 5.92 Å². The number of ether oxygens (including phenoxy) is 1. The van der Waals surface area contributed by atoms with E-state index >= 15 is 0 Å². The van der Waals surface area contributed by atoms with Crippen molar-refractivity contribution in [2.75, 3.05) is 33.4 Å². The lowest BCUT2D eigenvalue weighted by Gasteiger charge is -2.43. The zero-order chi connectivity index (χ0) is 25.1. The molecule has 1 saturated heterocycles. The van der Waals surface area contributed by atoms with Gasteiger partial charge in [-0.05, 0) is 76.8 Å². The molecule has 1 aliphatic carbocycles. The Kier molecular flexibility index (Phi) is 8.12.